The molecule has 0 aliphatic heterocycles. The van der Waals surface area contributed by atoms with Crippen LogP contribution < -0.4 is 5.32 Å². The molecule has 2 amide bonds. The Bertz CT molecular complexity index is 1190. The summed E-state index contributed by atoms with van der Waals surface area (Å²) in [7, 11) is 0. The standard InChI is InChI=1S/C29H31Cl3N2O2S/c1-20(2)16-33-29(36)27(15-21-8-4-3-5-9-21)34(17-23-10-6-7-11-24(23)30)28(35)19-37-18-22-12-13-25(31)26(32)14-22/h3-14,20,27H,15-19H2,1-2H3,(H,33,36)/t27-/m0/s1. The summed E-state index contributed by atoms with van der Waals surface area (Å²) in [4.78, 5) is 28.8. The highest BCUT2D eigenvalue weighted by Crippen LogP contribution is 2.26. The number of rotatable bonds is 12. The lowest BCUT2D eigenvalue weighted by molar-refractivity contribution is -0.139. The number of carbonyl (C=O) groups excluding carboxylic acids is 2. The molecule has 1 N–H and O–H groups in total. The topological polar surface area (TPSA) is 49.4 Å². The van der Waals surface area contributed by atoms with Gasteiger partial charge in [-0.25, -0.2) is 0 Å². The molecule has 0 aliphatic rings. The number of nitrogens with one attached hydrogen (secondary N) is 1. The fourth-order valence-corrected chi connectivity index (χ4v) is 5.13. The predicted molar refractivity (Wildman–Crippen MR) is 156 cm³/mol. The zero-order valence-electron chi connectivity index (χ0n) is 20.9. The number of carbonyl (C=O) groups is 2. The van der Waals surface area contributed by atoms with Gasteiger partial charge in [-0.3, -0.25) is 9.59 Å². The van der Waals surface area contributed by atoms with Crippen LogP contribution in [0.4, 0.5) is 0 Å². The van der Waals surface area contributed by atoms with E-state index >= 15 is 0 Å². The average molecular weight is 578 g/mol. The fourth-order valence-electron chi connectivity index (χ4n) is 3.76. The molecule has 0 bridgehead atoms. The maximum absolute atomic E-state index is 13.7. The van der Waals surface area contributed by atoms with Crippen LogP contribution in [-0.4, -0.2) is 35.1 Å². The number of thioether (sulfide) groups is 1. The quantitative estimate of drug-likeness (QED) is 0.246. The number of halogens is 3. The van der Waals surface area contributed by atoms with Gasteiger partial charge in [0.2, 0.25) is 11.8 Å². The molecule has 0 radical (unpaired) electrons. The molecule has 0 unspecified atom stereocenters. The van der Waals surface area contributed by atoms with Crippen molar-refractivity contribution in [2.45, 2.75) is 38.6 Å². The van der Waals surface area contributed by atoms with Gasteiger partial charge in [0.25, 0.3) is 0 Å². The second-order valence-corrected chi connectivity index (χ2v) is 11.4. The Balaban J connectivity index is 1.85. The SMILES string of the molecule is CC(C)CNC(=O)[C@H](Cc1ccccc1)N(Cc1ccccc1Cl)C(=O)CSCc1ccc(Cl)c(Cl)c1. The van der Waals surface area contributed by atoms with E-state index in [1.807, 2.05) is 68.4 Å². The lowest BCUT2D eigenvalue weighted by Gasteiger charge is -2.32. The lowest BCUT2D eigenvalue weighted by atomic mass is 10.0. The summed E-state index contributed by atoms with van der Waals surface area (Å²) in [5.74, 6) is 0.771. The van der Waals surface area contributed by atoms with Crippen molar-refractivity contribution in [2.75, 3.05) is 12.3 Å². The summed E-state index contributed by atoms with van der Waals surface area (Å²) >= 11 is 20.1. The van der Waals surface area contributed by atoms with Crippen LogP contribution in [0.5, 0.6) is 0 Å². The molecule has 3 aromatic rings. The van der Waals surface area contributed by atoms with E-state index in [1.165, 1.54) is 11.8 Å². The summed E-state index contributed by atoms with van der Waals surface area (Å²) in [6.07, 6.45) is 0.401. The Morgan fingerprint density at radius 1 is 0.865 bits per heavy atom. The summed E-state index contributed by atoms with van der Waals surface area (Å²) in [5, 5.41) is 4.57. The van der Waals surface area contributed by atoms with Crippen LogP contribution in [-0.2, 0) is 28.3 Å². The maximum Gasteiger partial charge on any atom is 0.243 e. The molecule has 3 aromatic carbocycles. The van der Waals surface area contributed by atoms with Gasteiger partial charge in [-0.15, -0.1) is 11.8 Å². The molecule has 196 valence electrons. The van der Waals surface area contributed by atoms with Gasteiger partial charge < -0.3 is 10.2 Å². The van der Waals surface area contributed by atoms with E-state index in [9.17, 15) is 9.59 Å². The summed E-state index contributed by atoms with van der Waals surface area (Å²) in [5.41, 5.74) is 2.75. The molecule has 0 fully saturated rings. The van der Waals surface area contributed by atoms with Crippen molar-refractivity contribution >= 4 is 58.4 Å². The highest BCUT2D eigenvalue weighted by molar-refractivity contribution is 7.99. The Morgan fingerprint density at radius 3 is 2.24 bits per heavy atom. The number of hydrogen-bond donors (Lipinski definition) is 1. The van der Waals surface area contributed by atoms with Gasteiger partial charge >= 0.3 is 0 Å². The number of nitrogens with zero attached hydrogens (tertiary/aromatic N) is 1. The minimum Gasteiger partial charge on any atom is -0.354 e. The van der Waals surface area contributed by atoms with Gasteiger partial charge in [-0.05, 0) is 40.8 Å². The Hall–Kier alpha value is -2.18. The molecule has 1 atom stereocenters. The van der Waals surface area contributed by atoms with Gasteiger partial charge in [0, 0.05) is 30.3 Å². The molecular formula is C29H31Cl3N2O2S. The Morgan fingerprint density at radius 2 is 1.57 bits per heavy atom. The van der Waals surface area contributed by atoms with Crippen LogP contribution >= 0.6 is 46.6 Å². The van der Waals surface area contributed by atoms with Crippen molar-refractivity contribution in [1.29, 1.82) is 0 Å². The van der Waals surface area contributed by atoms with Gasteiger partial charge in [0.05, 0.1) is 15.8 Å². The first-order valence-corrected chi connectivity index (χ1v) is 14.4. The third-order valence-corrected chi connectivity index (χ3v) is 7.83. The molecule has 0 spiro atoms. The molecule has 37 heavy (non-hydrogen) atoms. The molecule has 4 nitrogen and oxygen atoms in total. The normalized spacial score (nSPS) is 11.8. The minimum absolute atomic E-state index is 0.134. The van der Waals surface area contributed by atoms with Crippen LogP contribution in [0.3, 0.4) is 0 Å². The average Bonchev–Trinajstić information content (AvgIpc) is 2.88. The van der Waals surface area contributed by atoms with Crippen molar-refractivity contribution in [1.82, 2.24) is 10.2 Å². The van der Waals surface area contributed by atoms with Crippen molar-refractivity contribution in [2.24, 2.45) is 5.92 Å². The first-order chi connectivity index (χ1) is 17.7. The fraction of sp³-hybridized carbons (Fsp3) is 0.310. The van der Waals surface area contributed by atoms with E-state index in [-0.39, 0.29) is 30.0 Å². The van der Waals surface area contributed by atoms with E-state index in [0.717, 1.165) is 16.7 Å². The molecule has 3 rings (SSSR count). The van der Waals surface area contributed by atoms with E-state index in [2.05, 4.69) is 5.32 Å². The molecule has 0 aliphatic carbocycles. The second kappa shape index (κ2) is 14.7. The zero-order valence-corrected chi connectivity index (χ0v) is 24.0. The van der Waals surface area contributed by atoms with E-state index < -0.39 is 6.04 Å². The van der Waals surface area contributed by atoms with Crippen LogP contribution in [0.2, 0.25) is 15.1 Å². The van der Waals surface area contributed by atoms with Crippen LogP contribution in [0.15, 0.2) is 72.8 Å². The van der Waals surface area contributed by atoms with E-state index in [1.54, 1.807) is 23.1 Å². The minimum atomic E-state index is -0.685. The highest BCUT2D eigenvalue weighted by atomic mass is 35.5. The summed E-state index contributed by atoms with van der Waals surface area (Å²) < 4.78 is 0. The molecular weight excluding hydrogens is 547 g/mol. The van der Waals surface area contributed by atoms with Crippen LogP contribution in [0.25, 0.3) is 0 Å². The molecule has 0 saturated heterocycles. The summed E-state index contributed by atoms with van der Waals surface area (Å²) in [6.45, 7) is 4.85. The molecule has 0 saturated carbocycles. The number of hydrogen-bond acceptors (Lipinski definition) is 3. The van der Waals surface area contributed by atoms with Gasteiger partial charge in [0.1, 0.15) is 6.04 Å². The highest BCUT2D eigenvalue weighted by Gasteiger charge is 2.30. The monoisotopic (exact) mass is 576 g/mol. The first-order valence-electron chi connectivity index (χ1n) is 12.1. The maximum atomic E-state index is 13.7. The van der Waals surface area contributed by atoms with Crippen molar-refractivity contribution in [3.63, 3.8) is 0 Å². The predicted octanol–water partition coefficient (Wildman–Crippen LogP) is 7.29. The van der Waals surface area contributed by atoms with Crippen molar-refractivity contribution in [3.05, 3.63) is 105 Å². The Labute approximate surface area is 238 Å². The van der Waals surface area contributed by atoms with E-state index in [0.29, 0.717) is 33.8 Å². The lowest BCUT2D eigenvalue weighted by Crippen LogP contribution is -2.51. The number of amides is 2. The van der Waals surface area contributed by atoms with Crippen molar-refractivity contribution < 1.29 is 9.59 Å². The molecule has 0 aromatic heterocycles. The van der Waals surface area contributed by atoms with Gasteiger partial charge in [-0.2, -0.15) is 0 Å². The van der Waals surface area contributed by atoms with Crippen LogP contribution in [0, 0.1) is 5.92 Å². The third kappa shape index (κ3) is 9.26. The number of benzene rings is 3. The second-order valence-electron chi connectivity index (χ2n) is 9.20. The van der Waals surface area contributed by atoms with Gasteiger partial charge in [-0.1, -0.05) is 103 Å². The smallest absolute Gasteiger partial charge is 0.243 e. The largest absolute Gasteiger partial charge is 0.354 e. The molecule has 8 heteroatoms. The Kier molecular flexibility index (Phi) is 11.7. The summed E-state index contributed by atoms with van der Waals surface area (Å²) in [6, 6.07) is 21.9. The van der Waals surface area contributed by atoms with Gasteiger partial charge in [0.15, 0.2) is 0 Å². The van der Waals surface area contributed by atoms with E-state index in [4.69, 9.17) is 34.8 Å². The van der Waals surface area contributed by atoms with Crippen molar-refractivity contribution in [3.8, 4) is 0 Å². The molecule has 0 heterocycles. The zero-order chi connectivity index (χ0) is 26.8. The van der Waals surface area contributed by atoms with Crippen LogP contribution in [0.1, 0.15) is 30.5 Å². The first kappa shape index (κ1) is 29.4. The third-order valence-electron chi connectivity index (χ3n) is 5.73.